The van der Waals surface area contributed by atoms with E-state index in [2.05, 4.69) is 0 Å². The van der Waals surface area contributed by atoms with Crippen LogP contribution in [0.5, 0.6) is 5.75 Å². The topological polar surface area (TPSA) is 62.6 Å². The van der Waals surface area contributed by atoms with E-state index in [9.17, 15) is 4.79 Å². The maximum absolute atomic E-state index is 11.5. The molecule has 0 amide bonds. The maximum atomic E-state index is 11.5. The van der Waals surface area contributed by atoms with Crippen molar-refractivity contribution in [3.63, 3.8) is 0 Å². The Morgan fingerprint density at radius 1 is 1.42 bits per heavy atom. The van der Waals surface area contributed by atoms with Crippen molar-refractivity contribution in [2.45, 2.75) is 6.92 Å². The minimum Gasteiger partial charge on any atom is -0.497 e. The van der Waals surface area contributed by atoms with Crippen molar-refractivity contribution in [2.75, 3.05) is 25.7 Å². The largest absolute Gasteiger partial charge is 0.497 e. The Bertz CT molecular complexity index is 500. The van der Waals surface area contributed by atoms with Gasteiger partial charge >= 0.3 is 5.97 Å². The minimum atomic E-state index is -0.620. The summed E-state index contributed by atoms with van der Waals surface area (Å²) in [5.74, 6) is 0.123. The average molecular weight is 260 g/mol. The van der Waals surface area contributed by atoms with Crippen LogP contribution < -0.4 is 9.64 Å². The summed E-state index contributed by atoms with van der Waals surface area (Å²) in [5, 5.41) is 8.94. The molecule has 100 valence electrons. The van der Waals surface area contributed by atoms with Crippen LogP contribution in [0, 0.1) is 11.3 Å². The Morgan fingerprint density at radius 3 is 2.53 bits per heavy atom. The standard InChI is InChI=1S/C14H16N2O3/c1-4-19-14(17)11(9-15)10-16(2)12-5-7-13(18-3)8-6-12/h5-8,10H,4H2,1-3H3/b11-10-. The van der Waals surface area contributed by atoms with Crippen LogP contribution in [0.2, 0.25) is 0 Å². The normalized spacial score (nSPS) is 10.5. The molecule has 0 aliphatic heterocycles. The third kappa shape index (κ3) is 4.03. The van der Waals surface area contributed by atoms with Crippen LogP contribution in [-0.2, 0) is 9.53 Å². The zero-order valence-corrected chi connectivity index (χ0v) is 11.2. The summed E-state index contributed by atoms with van der Waals surface area (Å²) in [6.07, 6.45) is 1.44. The van der Waals surface area contributed by atoms with Gasteiger partial charge in [-0.2, -0.15) is 5.26 Å². The first-order valence-electron chi connectivity index (χ1n) is 5.78. The molecule has 0 fully saturated rings. The van der Waals surface area contributed by atoms with Gasteiger partial charge in [0.25, 0.3) is 0 Å². The molecule has 0 heterocycles. The highest BCUT2D eigenvalue weighted by molar-refractivity contribution is 5.93. The lowest BCUT2D eigenvalue weighted by Gasteiger charge is -2.15. The molecular formula is C14H16N2O3. The lowest BCUT2D eigenvalue weighted by molar-refractivity contribution is -0.138. The molecule has 1 rings (SSSR count). The van der Waals surface area contributed by atoms with Gasteiger partial charge in [0.1, 0.15) is 11.8 Å². The molecule has 0 aromatic heterocycles. The number of nitrogens with zero attached hydrogens (tertiary/aromatic N) is 2. The van der Waals surface area contributed by atoms with Crippen molar-refractivity contribution in [2.24, 2.45) is 0 Å². The Kier molecular flexibility index (Phi) is 5.42. The van der Waals surface area contributed by atoms with Crippen LogP contribution in [0.15, 0.2) is 36.0 Å². The molecule has 0 spiro atoms. The highest BCUT2D eigenvalue weighted by Gasteiger charge is 2.11. The first kappa shape index (κ1) is 14.6. The van der Waals surface area contributed by atoms with Crippen LogP contribution in [0.4, 0.5) is 5.69 Å². The van der Waals surface area contributed by atoms with E-state index in [1.165, 1.54) is 6.20 Å². The molecule has 0 aliphatic carbocycles. The average Bonchev–Trinajstić information content (AvgIpc) is 2.44. The zero-order valence-electron chi connectivity index (χ0n) is 11.2. The second-order valence-corrected chi connectivity index (χ2v) is 3.68. The monoisotopic (exact) mass is 260 g/mol. The van der Waals surface area contributed by atoms with Crippen molar-refractivity contribution in [3.8, 4) is 11.8 Å². The van der Waals surface area contributed by atoms with E-state index >= 15 is 0 Å². The molecule has 1 aromatic carbocycles. The predicted molar refractivity (Wildman–Crippen MR) is 71.7 cm³/mol. The molecule has 19 heavy (non-hydrogen) atoms. The quantitative estimate of drug-likeness (QED) is 0.461. The summed E-state index contributed by atoms with van der Waals surface area (Å²) in [4.78, 5) is 13.2. The van der Waals surface area contributed by atoms with Crippen LogP contribution in [0.25, 0.3) is 0 Å². The van der Waals surface area contributed by atoms with Crippen LogP contribution in [-0.4, -0.2) is 26.7 Å². The third-order valence-corrected chi connectivity index (χ3v) is 2.42. The second kappa shape index (κ2) is 7.07. The molecule has 0 saturated heterocycles. The van der Waals surface area contributed by atoms with Gasteiger partial charge in [-0.3, -0.25) is 0 Å². The summed E-state index contributed by atoms with van der Waals surface area (Å²) in [6, 6.07) is 9.09. The minimum absolute atomic E-state index is 0.0415. The fraction of sp³-hybridized carbons (Fsp3) is 0.286. The summed E-state index contributed by atoms with van der Waals surface area (Å²) >= 11 is 0. The van der Waals surface area contributed by atoms with Crippen molar-refractivity contribution in [1.82, 2.24) is 0 Å². The second-order valence-electron chi connectivity index (χ2n) is 3.68. The van der Waals surface area contributed by atoms with E-state index in [0.29, 0.717) is 0 Å². The van der Waals surface area contributed by atoms with Gasteiger partial charge in [-0.1, -0.05) is 0 Å². The molecule has 5 heteroatoms. The van der Waals surface area contributed by atoms with Gasteiger partial charge in [-0.05, 0) is 31.2 Å². The highest BCUT2D eigenvalue weighted by atomic mass is 16.5. The summed E-state index contributed by atoms with van der Waals surface area (Å²) in [5.41, 5.74) is 0.790. The van der Waals surface area contributed by atoms with Crippen molar-refractivity contribution in [1.29, 1.82) is 5.26 Å². The number of hydrogen-bond donors (Lipinski definition) is 0. The zero-order chi connectivity index (χ0) is 14.3. The molecule has 0 radical (unpaired) electrons. The van der Waals surface area contributed by atoms with Gasteiger partial charge in [0.15, 0.2) is 5.57 Å². The van der Waals surface area contributed by atoms with E-state index in [-0.39, 0.29) is 12.2 Å². The Hall–Kier alpha value is -2.48. The SMILES string of the molecule is CCOC(=O)/C(C#N)=C\N(C)c1ccc(OC)cc1. The van der Waals surface area contributed by atoms with Gasteiger partial charge in [0.2, 0.25) is 0 Å². The van der Waals surface area contributed by atoms with E-state index in [0.717, 1.165) is 11.4 Å². The van der Waals surface area contributed by atoms with Gasteiger partial charge in [0.05, 0.1) is 13.7 Å². The number of carbonyl (C=O) groups excluding carboxylic acids is 1. The summed E-state index contributed by atoms with van der Waals surface area (Å²) in [7, 11) is 3.34. The fourth-order valence-corrected chi connectivity index (χ4v) is 1.42. The molecule has 5 nitrogen and oxygen atoms in total. The number of methoxy groups -OCH3 is 1. The molecule has 0 aliphatic rings. The van der Waals surface area contributed by atoms with Crippen molar-refractivity contribution >= 4 is 11.7 Å². The Labute approximate surface area is 112 Å². The predicted octanol–water partition coefficient (Wildman–Crippen LogP) is 2.10. The van der Waals surface area contributed by atoms with Crippen molar-refractivity contribution < 1.29 is 14.3 Å². The van der Waals surface area contributed by atoms with Gasteiger partial charge < -0.3 is 14.4 Å². The lowest BCUT2D eigenvalue weighted by Crippen LogP contribution is -2.14. The number of carbonyl (C=O) groups is 1. The van der Waals surface area contributed by atoms with Crippen LogP contribution in [0.1, 0.15) is 6.92 Å². The molecule has 0 N–H and O–H groups in total. The number of esters is 1. The van der Waals surface area contributed by atoms with Gasteiger partial charge in [-0.25, -0.2) is 4.79 Å². The number of ether oxygens (including phenoxy) is 2. The summed E-state index contributed by atoms with van der Waals surface area (Å²) < 4.78 is 9.85. The molecule has 0 saturated carbocycles. The molecule has 1 aromatic rings. The number of benzene rings is 1. The van der Waals surface area contributed by atoms with Crippen molar-refractivity contribution in [3.05, 3.63) is 36.0 Å². The number of anilines is 1. The number of rotatable bonds is 5. The summed E-state index contributed by atoms with van der Waals surface area (Å²) in [6.45, 7) is 1.93. The molecule has 0 unspecified atom stereocenters. The third-order valence-electron chi connectivity index (χ3n) is 2.42. The first-order valence-corrected chi connectivity index (χ1v) is 5.78. The number of nitriles is 1. The lowest BCUT2D eigenvalue weighted by atomic mass is 10.2. The van der Waals surface area contributed by atoms with Crippen LogP contribution in [0.3, 0.4) is 0 Å². The van der Waals surface area contributed by atoms with E-state index < -0.39 is 5.97 Å². The fourth-order valence-electron chi connectivity index (χ4n) is 1.42. The van der Waals surface area contributed by atoms with Gasteiger partial charge in [0, 0.05) is 18.9 Å². The van der Waals surface area contributed by atoms with E-state index in [1.54, 1.807) is 38.1 Å². The van der Waals surface area contributed by atoms with E-state index in [1.807, 2.05) is 18.2 Å². The Morgan fingerprint density at radius 2 is 2.05 bits per heavy atom. The van der Waals surface area contributed by atoms with E-state index in [4.69, 9.17) is 14.7 Å². The Balaban J connectivity index is 2.88. The first-order chi connectivity index (χ1) is 9.12. The molecular weight excluding hydrogens is 244 g/mol. The molecule has 0 atom stereocenters. The highest BCUT2D eigenvalue weighted by Crippen LogP contribution is 2.18. The number of hydrogen-bond acceptors (Lipinski definition) is 5. The van der Waals surface area contributed by atoms with Gasteiger partial charge in [-0.15, -0.1) is 0 Å². The molecule has 0 bridgehead atoms. The smallest absolute Gasteiger partial charge is 0.350 e. The van der Waals surface area contributed by atoms with Crippen LogP contribution >= 0.6 is 0 Å². The maximum Gasteiger partial charge on any atom is 0.350 e.